The van der Waals surface area contributed by atoms with Gasteiger partial charge >= 0.3 is 0 Å². The van der Waals surface area contributed by atoms with Crippen LogP contribution in [0.4, 0.5) is 5.13 Å². The third-order valence-electron chi connectivity index (χ3n) is 5.73. The molecule has 32 heavy (non-hydrogen) atoms. The van der Waals surface area contributed by atoms with Crippen LogP contribution in [-0.2, 0) is 11.2 Å². The number of amides is 1. The molecule has 0 bridgehead atoms. The number of carbonyl (C=O) groups is 1. The van der Waals surface area contributed by atoms with Crippen LogP contribution >= 0.6 is 23.1 Å². The molecule has 170 valence electrons. The maximum atomic E-state index is 13.8. The van der Waals surface area contributed by atoms with E-state index >= 15 is 0 Å². The van der Waals surface area contributed by atoms with Crippen molar-refractivity contribution in [3.05, 3.63) is 53.6 Å². The number of anilines is 1. The molecule has 1 amide bonds. The Morgan fingerprint density at radius 3 is 2.75 bits per heavy atom. The van der Waals surface area contributed by atoms with E-state index in [9.17, 15) is 4.79 Å². The van der Waals surface area contributed by atoms with Gasteiger partial charge in [0.1, 0.15) is 0 Å². The fourth-order valence-corrected chi connectivity index (χ4v) is 5.86. The van der Waals surface area contributed by atoms with Gasteiger partial charge in [0.15, 0.2) is 5.13 Å². The maximum Gasteiger partial charge on any atom is 0.261 e. The average molecular weight is 470 g/mol. The Labute approximate surface area is 198 Å². The van der Waals surface area contributed by atoms with Crippen molar-refractivity contribution in [2.24, 2.45) is 0 Å². The molecule has 7 heteroatoms. The lowest BCUT2D eigenvalue weighted by Crippen LogP contribution is -2.39. The summed E-state index contributed by atoms with van der Waals surface area (Å²) in [5.74, 6) is 0.975. The molecule has 1 fully saturated rings. The van der Waals surface area contributed by atoms with E-state index in [1.165, 1.54) is 5.56 Å². The van der Waals surface area contributed by atoms with Gasteiger partial charge in [0, 0.05) is 31.1 Å². The van der Waals surface area contributed by atoms with Crippen molar-refractivity contribution in [1.29, 1.82) is 0 Å². The predicted octanol–water partition coefficient (Wildman–Crippen LogP) is 5.34. The second kappa shape index (κ2) is 11.3. The van der Waals surface area contributed by atoms with Gasteiger partial charge in [-0.3, -0.25) is 14.6 Å². The zero-order chi connectivity index (χ0) is 22.3. The van der Waals surface area contributed by atoms with Crippen molar-refractivity contribution < 1.29 is 9.53 Å². The number of nitrogens with zero attached hydrogens (tertiary/aromatic N) is 3. The predicted molar refractivity (Wildman–Crippen MR) is 135 cm³/mol. The van der Waals surface area contributed by atoms with Gasteiger partial charge in [-0.1, -0.05) is 49.4 Å². The highest BCUT2D eigenvalue weighted by Crippen LogP contribution is 2.33. The summed E-state index contributed by atoms with van der Waals surface area (Å²) in [5, 5.41) is 0.796. The quantitative estimate of drug-likeness (QED) is 0.396. The lowest BCUT2D eigenvalue weighted by molar-refractivity contribution is 0.0376. The van der Waals surface area contributed by atoms with Gasteiger partial charge in [-0.15, -0.1) is 11.8 Å². The Morgan fingerprint density at radius 1 is 1.16 bits per heavy atom. The van der Waals surface area contributed by atoms with E-state index in [1.54, 1.807) is 23.1 Å². The van der Waals surface area contributed by atoms with Crippen molar-refractivity contribution in [3.63, 3.8) is 0 Å². The fraction of sp³-hybridized carbons (Fsp3) is 0.440. The van der Waals surface area contributed by atoms with Crippen LogP contribution in [0.3, 0.4) is 0 Å². The summed E-state index contributed by atoms with van der Waals surface area (Å²) in [4.78, 5) is 24.1. The number of benzene rings is 2. The molecule has 0 atom stereocenters. The van der Waals surface area contributed by atoms with Crippen molar-refractivity contribution in [3.8, 4) is 0 Å². The van der Waals surface area contributed by atoms with Gasteiger partial charge in [-0.2, -0.15) is 0 Å². The normalized spacial score (nSPS) is 14.7. The molecular weight excluding hydrogens is 438 g/mol. The zero-order valence-corrected chi connectivity index (χ0v) is 20.5. The number of aromatic nitrogens is 1. The molecule has 1 aliphatic rings. The van der Waals surface area contributed by atoms with Gasteiger partial charge in [0.05, 0.1) is 29.0 Å². The van der Waals surface area contributed by atoms with E-state index < -0.39 is 0 Å². The van der Waals surface area contributed by atoms with Gasteiger partial charge in [-0.05, 0) is 42.4 Å². The molecule has 0 saturated carbocycles. The Kier molecular flexibility index (Phi) is 8.19. The van der Waals surface area contributed by atoms with Crippen LogP contribution in [0.2, 0.25) is 0 Å². The summed E-state index contributed by atoms with van der Waals surface area (Å²) in [5.41, 5.74) is 3.02. The summed E-state index contributed by atoms with van der Waals surface area (Å²) in [6.07, 6.45) is 1.84. The molecule has 1 saturated heterocycles. The van der Waals surface area contributed by atoms with E-state index in [-0.39, 0.29) is 5.91 Å². The molecule has 3 aromatic rings. The summed E-state index contributed by atoms with van der Waals surface area (Å²) in [6.45, 7) is 9.40. The number of para-hydroxylation sites is 1. The number of morpholine rings is 1. The van der Waals surface area contributed by atoms with E-state index in [4.69, 9.17) is 9.72 Å². The molecular formula is C25H31N3O2S2. The third kappa shape index (κ3) is 5.34. The summed E-state index contributed by atoms with van der Waals surface area (Å²) < 4.78 is 6.61. The maximum absolute atomic E-state index is 13.8. The molecule has 0 aliphatic carbocycles. The SMILES string of the molecule is CCSc1ccccc1C(=O)N(CCCN1CCOCC1)c1nc2c(CC)cccc2s1. The topological polar surface area (TPSA) is 45.7 Å². The fourth-order valence-electron chi connectivity index (χ4n) is 4.03. The standard InChI is InChI=1S/C25H31N3O2S2/c1-3-19-9-7-12-22-23(19)26-25(32-22)28(14-8-13-27-15-17-30-18-16-27)24(29)20-10-5-6-11-21(20)31-4-2/h5-7,9-12H,3-4,8,13-18H2,1-2H3. The first-order chi connectivity index (χ1) is 15.7. The molecule has 4 rings (SSSR count). The Balaban J connectivity index is 1.63. The number of carbonyl (C=O) groups excluding carboxylic acids is 1. The van der Waals surface area contributed by atoms with Crippen LogP contribution < -0.4 is 4.90 Å². The average Bonchev–Trinajstić information content (AvgIpc) is 3.27. The van der Waals surface area contributed by atoms with E-state index in [0.29, 0.717) is 6.54 Å². The number of thioether (sulfide) groups is 1. The second-order valence-electron chi connectivity index (χ2n) is 7.81. The highest BCUT2D eigenvalue weighted by Gasteiger charge is 2.24. The monoisotopic (exact) mass is 469 g/mol. The molecule has 2 aromatic carbocycles. The number of thiazole rings is 1. The number of rotatable bonds is 9. The number of aryl methyl sites for hydroxylation is 1. The smallest absolute Gasteiger partial charge is 0.261 e. The molecule has 2 heterocycles. The lowest BCUT2D eigenvalue weighted by atomic mass is 10.1. The van der Waals surface area contributed by atoms with Crippen molar-refractivity contribution in [2.75, 3.05) is 50.0 Å². The van der Waals surface area contributed by atoms with Crippen LogP contribution in [0, 0.1) is 0 Å². The van der Waals surface area contributed by atoms with Gasteiger partial charge in [0.2, 0.25) is 0 Å². The Hall–Kier alpha value is -1.93. The van der Waals surface area contributed by atoms with Gasteiger partial charge < -0.3 is 4.74 Å². The first-order valence-electron chi connectivity index (χ1n) is 11.4. The van der Waals surface area contributed by atoms with Crippen molar-refractivity contribution in [2.45, 2.75) is 31.6 Å². The molecule has 5 nitrogen and oxygen atoms in total. The van der Waals surface area contributed by atoms with Crippen molar-refractivity contribution >= 4 is 44.4 Å². The first-order valence-corrected chi connectivity index (χ1v) is 13.2. The minimum absolute atomic E-state index is 0.0423. The Morgan fingerprint density at radius 2 is 1.97 bits per heavy atom. The molecule has 1 aromatic heterocycles. The van der Waals surface area contributed by atoms with Gasteiger partial charge in [-0.25, -0.2) is 4.98 Å². The minimum atomic E-state index is 0.0423. The highest BCUT2D eigenvalue weighted by molar-refractivity contribution is 7.99. The number of hydrogen-bond acceptors (Lipinski definition) is 6. The van der Waals surface area contributed by atoms with Crippen LogP contribution in [0.5, 0.6) is 0 Å². The number of ether oxygens (including phenoxy) is 1. The molecule has 0 radical (unpaired) electrons. The van der Waals surface area contributed by atoms with E-state index in [2.05, 4.69) is 36.9 Å². The highest BCUT2D eigenvalue weighted by atomic mass is 32.2. The summed E-state index contributed by atoms with van der Waals surface area (Å²) in [6, 6.07) is 14.3. The summed E-state index contributed by atoms with van der Waals surface area (Å²) >= 11 is 3.33. The van der Waals surface area contributed by atoms with Crippen LogP contribution in [0.15, 0.2) is 47.4 Å². The number of fused-ring (bicyclic) bond motifs is 1. The second-order valence-corrected chi connectivity index (χ2v) is 10.1. The van der Waals surface area contributed by atoms with E-state index in [1.807, 2.05) is 29.2 Å². The molecule has 0 N–H and O–H groups in total. The lowest BCUT2D eigenvalue weighted by Gasteiger charge is -2.28. The molecule has 0 unspecified atom stereocenters. The van der Waals surface area contributed by atoms with Crippen LogP contribution in [-0.4, -0.2) is 60.9 Å². The van der Waals surface area contributed by atoms with E-state index in [0.717, 1.165) is 77.2 Å². The van der Waals surface area contributed by atoms with Gasteiger partial charge in [0.25, 0.3) is 5.91 Å². The van der Waals surface area contributed by atoms with Crippen LogP contribution in [0.25, 0.3) is 10.2 Å². The van der Waals surface area contributed by atoms with Crippen LogP contribution in [0.1, 0.15) is 36.2 Å². The first kappa shape index (κ1) is 23.2. The largest absolute Gasteiger partial charge is 0.379 e. The third-order valence-corrected chi connectivity index (χ3v) is 7.72. The molecule has 1 aliphatic heterocycles. The minimum Gasteiger partial charge on any atom is -0.379 e. The molecule has 0 spiro atoms. The summed E-state index contributed by atoms with van der Waals surface area (Å²) in [7, 11) is 0. The zero-order valence-electron chi connectivity index (χ0n) is 18.9. The Bertz CT molecular complexity index is 1050. The number of hydrogen-bond donors (Lipinski definition) is 0. The van der Waals surface area contributed by atoms with Crippen molar-refractivity contribution in [1.82, 2.24) is 9.88 Å².